The molecule has 238 valence electrons. The van der Waals surface area contributed by atoms with Gasteiger partial charge in [-0.05, 0) is 87.7 Å². The van der Waals surface area contributed by atoms with E-state index >= 15 is 0 Å². The molecule has 0 bridgehead atoms. The second-order valence-electron chi connectivity index (χ2n) is 13.1. The van der Waals surface area contributed by atoms with Crippen molar-refractivity contribution in [2.75, 3.05) is 5.73 Å². The number of benzene rings is 7. The Kier molecular flexibility index (Phi) is 8.83. The predicted molar refractivity (Wildman–Crippen MR) is 208 cm³/mol. The molecule has 7 aromatic carbocycles. The van der Waals surface area contributed by atoms with Gasteiger partial charge < -0.3 is 5.73 Å². The first-order valence-corrected chi connectivity index (χ1v) is 17.0. The van der Waals surface area contributed by atoms with Crippen molar-refractivity contribution < 1.29 is 0 Å². The minimum absolute atomic E-state index is 0.304. The van der Waals surface area contributed by atoms with Gasteiger partial charge in [0, 0.05) is 16.5 Å². The minimum Gasteiger partial charge on any atom is -0.399 e. The molecule has 2 N–H and O–H groups in total. The van der Waals surface area contributed by atoms with Crippen LogP contribution in [0.25, 0.3) is 11.6 Å². The molecule has 7 aromatic rings. The summed E-state index contributed by atoms with van der Waals surface area (Å²) in [6, 6.07) is 69.5. The molecular weight excluding hydrogens is 591 g/mol. The Hall–Kier alpha value is -5.92. The highest BCUT2D eigenvalue weighted by molar-refractivity contribution is 5.91. The van der Waals surface area contributed by atoms with Gasteiger partial charge in [0.1, 0.15) is 0 Å². The fourth-order valence-electron chi connectivity index (χ4n) is 7.14. The van der Waals surface area contributed by atoms with E-state index in [1.807, 2.05) is 12.1 Å². The van der Waals surface area contributed by atoms with Crippen LogP contribution in [0.2, 0.25) is 0 Å². The van der Waals surface area contributed by atoms with Crippen LogP contribution in [0.3, 0.4) is 0 Å². The van der Waals surface area contributed by atoms with E-state index in [0.29, 0.717) is 0 Å². The van der Waals surface area contributed by atoms with Gasteiger partial charge >= 0.3 is 0 Å². The molecule has 7 rings (SSSR count). The fraction of sp³-hybridized carbons (Fsp3) is 0.0833. The van der Waals surface area contributed by atoms with Crippen LogP contribution in [0.15, 0.2) is 194 Å². The van der Waals surface area contributed by atoms with Gasteiger partial charge in [0.15, 0.2) is 0 Å². The number of hydrogen-bond acceptors (Lipinski definition) is 1. The molecule has 0 aliphatic heterocycles. The van der Waals surface area contributed by atoms with Crippen LogP contribution in [-0.2, 0) is 10.8 Å². The molecule has 0 spiro atoms. The Morgan fingerprint density at radius 3 is 1.02 bits per heavy atom. The normalized spacial score (nSPS) is 12.5. The highest BCUT2D eigenvalue weighted by Gasteiger charge is 2.34. The van der Waals surface area contributed by atoms with Crippen molar-refractivity contribution in [1.82, 2.24) is 0 Å². The molecule has 0 aliphatic rings. The molecular formula is C48H41N. The zero-order valence-electron chi connectivity index (χ0n) is 28.1. The van der Waals surface area contributed by atoms with Crippen LogP contribution < -0.4 is 5.73 Å². The SMILES string of the molecule is CC(c1ccccc1)(c1ccccc1)c1ccc(C(C)(c2ccc(N)cc2)c2ccc(C=C(c3ccccc3)c3ccccc3)cc2)cc1. The summed E-state index contributed by atoms with van der Waals surface area (Å²) >= 11 is 0. The van der Waals surface area contributed by atoms with E-state index in [4.69, 9.17) is 5.73 Å². The average molecular weight is 632 g/mol. The third-order valence-electron chi connectivity index (χ3n) is 10.2. The Labute approximate surface area is 291 Å². The topological polar surface area (TPSA) is 26.0 Å². The number of hydrogen-bond donors (Lipinski definition) is 1. The molecule has 0 aromatic heterocycles. The van der Waals surface area contributed by atoms with E-state index in [0.717, 1.165) is 11.3 Å². The van der Waals surface area contributed by atoms with Crippen molar-refractivity contribution in [1.29, 1.82) is 0 Å². The van der Waals surface area contributed by atoms with Crippen LogP contribution in [0.4, 0.5) is 5.69 Å². The number of nitrogen functional groups attached to an aromatic ring is 1. The van der Waals surface area contributed by atoms with Crippen molar-refractivity contribution >= 4 is 17.3 Å². The lowest BCUT2D eigenvalue weighted by molar-refractivity contribution is 0.677. The maximum absolute atomic E-state index is 6.18. The van der Waals surface area contributed by atoms with Gasteiger partial charge in [-0.3, -0.25) is 0 Å². The highest BCUT2D eigenvalue weighted by atomic mass is 14.5. The highest BCUT2D eigenvalue weighted by Crippen LogP contribution is 2.43. The quantitative estimate of drug-likeness (QED) is 0.0957. The smallest absolute Gasteiger partial charge is 0.0423 e. The molecule has 1 nitrogen and oxygen atoms in total. The molecule has 1 atom stereocenters. The maximum Gasteiger partial charge on any atom is 0.0423 e. The van der Waals surface area contributed by atoms with Gasteiger partial charge in [-0.2, -0.15) is 0 Å². The molecule has 0 radical (unpaired) electrons. The largest absolute Gasteiger partial charge is 0.399 e. The van der Waals surface area contributed by atoms with E-state index in [9.17, 15) is 0 Å². The van der Waals surface area contributed by atoms with Crippen LogP contribution in [0.1, 0.15) is 63.9 Å². The summed E-state index contributed by atoms with van der Waals surface area (Å²) in [6.45, 7) is 4.66. The third-order valence-corrected chi connectivity index (χ3v) is 10.2. The maximum atomic E-state index is 6.18. The first kappa shape index (κ1) is 31.7. The van der Waals surface area contributed by atoms with Crippen LogP contribution >= 0.6 is 0 Å². The van der Waals surface area contributed by atoms with Gasteiger partial charge in [-0.25, -0.2) is 0 Å². The molecule has 0 heterocycles. The number of anilines is 1. The lowest BCUT2D eigenvalue weighted by Gasteiger charge is -2.35. The molecule has 0 saturated carbocycles. The van der Waals surface area contributed by atoms with Gasteiger partial charge in [0.2, 0.25) is 0 Å². The second kappa shape index (κ2) is 13.7. The third kappa shape index (κ3) is 6.24. The van der Waals surface area contributed by atoms with Crippen LogP contribution in [-0.4, -0.2) is 0 Å². The summed E-state index contributed by atoms with van der Waals surface area (Å²) in [5.41, 5.74) is 18.4. The summed E-state index contributed by atoms with van der Waals surface area (Å²) in [5.74, 6) is 0. The van der Waals surface area contributed by atoms with Gasteiger partial charge in [-0.1, -0.05) is 182 Å². The fourth-order valence-corrected chi connectivity index (χ4v) is 7.14. The molecule has 0 amide bonds. The Morgan fingerprint density at radius 1 is 0.367 bits per heavy atom. The summed E-state index contributed by atoms with van der Waals surface area (Å²) in [5, 5.41) is 0. The zero-order chi connectivity index (χ0) is 33.7. The van der Waals surface area contributed by atoms with Crippen LogP contribution in [0.5, 0.6) is 0 Å². The van der Waals surface area contributed by atoms with Crippen LogP contribution in [0, 0.1) is 0 Å². The van der Waals surface area contributed by atoms with E-state index < -0.39 is 5.41 Å². The summed E-state index contributed by atoms with van der Waals surface area (Å²) in [6.07, 6.45) is 2.29. The molecule has 0 saturated heterocycles. The van der Waals surface area contributed by atoms with E-state index in [1.165, 1.54) is 50.1 Å². The predicted octanol–water partition coefficient (Wildman–Crippen LogP) is 11.6. The molecule has 1 unspecified atom stereocenters. The van der Waals surface area contributed by atoms with Gasteiger partial charge in [0.25, 0.3) is 0 Å². The summed E-state index contributed by atoms with van der Waals surface area (Å²) < 4.78 is 0. The van der Waals surface area contributed by atoms with Crippen molar-refractivity contribution in [3.05, 3.63) is 244 Å². The Bertz CT molecular complexity index is 2050. The standard InChI is InChI=1S/C48H41N/c1-47(39-19-11-5-12-20-39,40-21-13-6-14-22-40)42-27-29-43(30-28-42)48(2,44-31-33-45(49)34-32-44)41-25-23-36(24-26-41)35-46(37-15-7-3-8-16-37)38-17-9-4-10-18-38/h3-35H,49H2,1-2H3. The van der Waals surface area contributed by atoms with Crippen molar-refractivity contribution in [2.45, 2.75) is 24.7 Å². The Morgan fingerprint density at radius 2 is 0.653 bits per heavy atom. The number of rotatable bonds is 9. The van der Waals surface area contributed by atoms with Crippen molar-refractivity contribution in [3.63, 3.8) is 0 Å². The molecule has 49 heavy (non-hydrogen) atoms. The summed E-state index contributed by atoms with van der Waals surface area (Å²) in [7, 11) is 0. The monoisotopic (exact) mass is 631 g/mol. The average Bonchev–Trinajstić information content (AvgIpc) is 3.18. The molecule has 1 heteroatoms. The van der Waals surface area contributed by atoms with Gasteiger partial charge in [0.05, 0.1) is 0 Å². The molecule has 0 aliphatic carbocycles. The second-order valence-corrected chi connectivity index (χ2v) is 13.1. The molecule has 0 fully saturated rings. The van der Waals surface area contributed by atoms with E-state index in [1.54, 1.807) is 0 Å². The number of nitrogens with two attached hydrogens (primary N) is 1. The summed E-state index contributed by atoms with van der Waals surface area (Å²) in [4.78, 5) is 0. The van der Waals surface area contributed by atoms with Gasteiger partial charge in [-0.15, -0.1) is 0 Å². The van der Waals surface area contributed by atoms with E-state index in [-0.39, 0.29) is 5.41 Å². The van der Waals surface area contributed by atoms with Crippen molar-refractivity contribution in [2.24, 2.45) is 0 Å². The lowest BCUT2D eigenvalue weighted by atomic mass is 9.68. The minimum atomic E-state index is -0.411. The zero-order valence-corrected chi connectivity index (χ0v) is 28.1. The Balaban J connectivity index is 1.31. The van der Waals surface area contributed by atoms with E-state index in [2.05, 4.69) is 202 Å². The van der Waals surface area contributed by atoms with Crippen molar-refractivity contribution in [3.8, 4) is 0 Å². The first-order chi connectivity index (χ1) is 24.0. The lowest BCUT2D eigenvalue weighted by Crippen LogP contribution is -2.27. The first-order valence-electron chi connectivity index (χ1n) is 17.0.